The highest BCUT2D eigenvalue weighted by atomic mass is 16.6. The van der Waals surface area contributed by atoms with Gasteiger partial charge in [-0.2, -0.15) is 5.10 Å². The summed E-state index contributed by atoms with van der Waals surface area (Å²) < 4.78 is 0. The zero-order valence-electron chi connectivity index (χ0n) is 13.4. The standard InChI is InChI=1S/C14H24N6O3/c1-2-4-11-13(20(22)23)12(18-17-11)14(21)16-5-3-8-19-9-6-15-7-10-19/h15H,2-10H2,1H3,(H,16,21)(H,17,18). The summed E-state index contributed by atoms with van der Waals surface area (Å²) in [4.78, 5) is 25.1. The van der Waals surface area contributed by atoms with Crippen LogP contribution in [0.4, 0.5) is 5.69 Å². The first-order chi connectivity index (χ1) is 11.1. The molecule has 2 heterocycles. The first-order valence-electron chi connectivity index (χ1n) is 8.06. The average Bonchev–Trinajstić information content (AvgIpc) is 2.97. The molecule has 0 aromatic carbocycles. The molecule has 1 saturated heterocycles. The van der Waals surface area contributed by atoms with Crippen molar-refractivity contribution >= 4 is 11.6 Å². The van der Waals surface area contributed by atoms with Crippen molar-refractivity contribution < 1.29 is 9.72 Å². The van der Waals surface area contributed by atoms with Crippen LogP contribution in [0, 0.1) is 10.1 Å². The van der Waals surface area contributed by atoms with Gasteiger partial charge in [0, 0.05) is 32.7 Å². The summed E-state index contributed by atoms with van der Waals surface area (Å²) in [5, 5.41) is 23.6. The van der Waals surface area contributed by atoms with E-state index >= 15 is 0 Å². The number of carbonyl (C=O) groups excluding carboxylic acids is 1. The largest absolute Gasteiger partial charge is 0.350 e. The van der Waals surface area contributed by atoms with Gasteiger partial charge in [0.1, 0.15) is 5.69 Å². The summed E-state index contributed by atoms with van der Waals surface area (Å²) in [6.07, 6.45) is 2.06. The van der Waals surface area contributed by atoms with E-state index in [4.69, 9.17) is 0 Å². The first kappa shape index (κ1) is 17.4. The Hall–Kier alpha value is -2.00. The number of aryl methyl sites for hydroxylation is 1. The van der Waals surface area contributed by atoms with Crippen LogP contribution >= 0.6 is 0 Å². The van der Waals surface area contributed by atoms with Crippen molar-refractivity contribution in [3.63, 3.8) is 0 Å². The maximum Gasteiger partial charge on any atom is 0.322 e. The van der Waals surface area contributed by atoms with E-state index in [-0.39, 0.29) is 11.4 Å². The molecule has 1 aromatic heterocycles. The second kappa shape index (κ2) is 8.59. The number of hydrogen-bond acceptors (Lipinski definition) is 6. The van der Waals surface area contributed by atoms with Crippen LogP contribution in [-0.2, 0) is 6.42 Å². The molecule has 0 atom stereocenters. The van der Waals surface area contributed by atoms with Gasteiger partial charge in [-0.3, -0.25) is 20.0 Å². The fourth-order valence-electron chi connectivity index (χ4n) is 2.67. The molecule has 0 unspecified atom stereocenters. The highest BCUT2D eigenvalue weighted by Crippen LogP contribution is 2.22. The van der Waals surface area contributed by atoms with Gasteiger partial charge in [-0.15, -0.1) is 0 Å². The molecule has 9 nitrogen and oxygen atoms in total. The van der Waals surface area contributed by atoms with E-state index < -0.39 is 10.8 Å². The van der Waals surface area contributed by atoms with Gasteiger partial charge in [0.25, 0.3) is 5.91 Å². The fraction of sp³-hybridized carbons (Fsp3) is 0.714. The monoisotopic (exact) mass is 324 g/mol. The second-order valence-corrected chi connectivity index (χ2v) is 5.61. The maximum atomic E-state index is 12.1. The lowest BCUT2D eigenvalue weighted by atomic mass is 10.2. The molecule has 1 aliphatic rings. The number of rotatable bonds is 8. The fourth-order valence-corrected chi connectivity index (χ4v) is 2.67. The number of aromatic nitrogens is 2. The predicted octanol–water partition coefficient (Wildman–Crippen LogP) is 0.296. The molecule has 2 rings (SSSR count). The van der Waals surface area contributed by atoms with E-state index in [9.17, 15) is 14.9 Å². The number of carbonyl (C=O) groups is 1. The summed E-state index contributed by atoms with van der Waals surface area (Å²) in [5.74, 6) is -0.490. The van der Waals surface area contributed by atoms with Gasteiger partial charge >= 0.3 is 5.69 Å². The van der Waals surface area contributed by atoms with Crippen LogP contribution < -0.4 is 10.6 Å². The Labute approximate surface area is 135 Å². The molecule has 1 amide bonds. The van der Waals surface area contributed by atoms with Crippen molar-refractivity contribution in [2.24, 2.45) is 0 Å². The number of amides is 1. The van der Waals surface area contributed by atoms with Gasteiger partial charge in [0.05, 0.1) is 4.92 Å². The zero-order chi connectivity index (χ0) is 16.7. The molecule has 128 valence electrons. The maximum absolute atomic E-state index is 12.1. The highest BCUT2D eigenvalue weighted by molar-refractivity contribution is 5.96. The smallest absolute Gasteiger partial charge is 0.322 e. The average molecular weight is 324 g/mol. The van der Waals surface area contributed by atoms with Gasteiger partial charge < -0.3 is 15.5 Å². The van der Waals surface area contributed by atoms with Gasteiger partial charge in [-0.1, -0.05) is 13.3 Å². The quantitative estimate of drug-likeness (QED) is 0.360. The van der Waals surface area contributed by atoms with Crippen molar-refractivity contribution in [2.45, 2.75) is 26.2 Å². The van der Waals surface area contributed by atoms with Crippen LogP contribution in [0.15, 0.2) is 0 Å². The minimum absolute atomic E-state index is 0.124. The van der Waals surface area contributed by atoms with E-state index in [2.05, 4.69) is 25.7 Å². The van der Waals surface area contributed by atoms with Gasteiger partial charge in [-0.05, 0) is 19.4 Å². The van der Waals surface area contributed by atoms with Gasteiger partial charge in [0.15, 0.2) is 0 Å². The lowest BCUT2D eigenvalue weighted by Gasteiger charge is -2.26. The van der Waals surface area contributed by atoms with Crippen molar-refractivity contribution in [1.29, 1.82) is 0 Å². The summed E-state index contributed by atoms with van der Waals surface area (Å²) >= 11 is 0. The Balaban J connectivity index is 1.84. The van der Waals surface area contributed by atoms with Crippen LogP contribution in [0.5, 0.6) is 0 Å². The Bertz CT molecular complexity index is 539. The van der Waals surface area contributed by atoms with Gasteiger partial charge in [-0.25, -0.2) is 0 Å². The minimum Gasteiger partial charge on any atom is -0.350 e. The highest BCUT2D eigenvalue weighted by Gasteiger charge is 2.28. The molecule has 1 fully saturated rings. The van der Waals surface area contributed by atoms with Crippen LogP contribution in [-0.4, -0.2) is 65.2 Å². The third kappa shape index (κ3) is 4.73. The summed E-state index contributed by atoms with van der Waals surface area (Å²) in [7, 11) is 0. The lowest BCUT2D eigenvalue weighted by molar-refractivity contribution is -0.385. The van der Waals surface area contributed by atoms with Crippen molar-refractivity contribution in [2.75, 3.05) is 39.3 Å². The van der Waals surface area contributed by atoms with E-state index in [0.717, 1.165) is 45.6 Å². The van der Waals surface area contributed by atoms with Gasteiger partial charge in [0.2, 0.25) is 5.69 Å². The van der Waals surface area contributed by atoms with E-state index in [0.29, 0.717) is 18.7 Å². The third-order valence-corrected chi connectivity index (χ3v) is 3.86. The van der Waals surface area contributed by atoms with Crippen molar-refractivity contribution in [3.8, 4) is 0 Å². The summed E-state index contributed by atoms with van der Waals surface area (Å²) in [6, 6.07) is 0. The van der Waals surface area contributed by atoms with E-state index in [1.807, 2.05) is 6.92 Å². The molecule has 23 heavy (non-hydrogen) atoms. The Morgan fingerprint density at radius 2 is 2.17 bits per heavy atom. The van der Waals surface area contributed by atoms with Crippen LogP contribution in [0.25, 0.3) is 0 Å². The van der Waals surface area contributed by atoms with Crippen molar-refractivity contribution in [1.82, 2.24) is 25.7 Å². The minimum atomic E-state index is -0.538. The number of nitrogens with one attached hydrogen (secondary N) is 3. The molecular formula is C14H24N6O3. The summed E-state index contributed by atoms with van der Waals surface area (Å²) in [6.45, 7) is 7.32. The van der Waals surface area contributed by atoms with Crippen LogP contribution in [0.3, 0.4) is 0 Å². The van der Waals surface area contributed by atoms with Crippen LogP contribution in [0.1, 0.15) is 35.9 Å². The Morgan fingerprint density at radius 3 is 2.83 bits per heavy atom. The molecule has 3 N–H and O–H groups in total. The van der Waals surface area contributed by atoms with Crippen LogP contribution in [0.2, 0.25) is 0 Å². The molecule has 0 spiro atoms. The SMILES string of the molecule is CCCc1[nH]nc(C(=O)NCCCN2CCNCC2)c1[N+](=O)[O-]. The Morgan fingerprint density at radius 1 is 1.43 bits per heavy atom. The molecule has 1 aromatic rings. The number of piperazine rings is 1. The van der Waals surface area contributed by atoms with E-state index in [1.54, 1.807) is 0 Å². The molecule has 1 aliphatic heterocycles. The molecule has 0 saturated carbocycles. The lowest BCUT2D eigenvalue weighted by Crippen LogP contribution is -2.44. The molecule has 9 heteroatoms. The molecule has 0 bridgehead atoms. The number of nitrogens with zero attached hydrogens (tertiary/aromatic N) is 3. The topological polar surface area (TPSA) is 116 Å². The second-order valence-electron chi connectivity index (χ2n) is 5.61. The predicted molar refractivity (Wildman–Crippen MR) is 85.5 cm³/mol. The molecular weight excluding hydrogens is 300 g/mol. The number of aromatic amines is 1. The molecule has 0 radical (unpaired) electrons. The zero-order valence-corrected chi connectivity index (χ0v) is 13.4. The van der Waals surface area contributed by atoms with Crippen molar-refractivity contribution in [3.05, 3.63) is 21.5 Å². The third-order valence-electron chi connectivity index (χ3n) is 3.86. The summed E-state index contributed by atoms with van der Waals surface area (Å²) in [5.41, 5.74) is 0.0792. The Kier molecular flexibility index (Phi) is 6.48. The number of nitro groups is 1. The first-order valence-corrected chi connectivity index (χ1v) is 8.06. The van der Waals surface area contributed by atoms with E-state index in [1.165, 1.54) is 0 Å². The number of hydrogen-bond donors (Lipinski definition) is 3. The molecule has 0 aliphatic carbocycles. The number of H-pyrrole nitrogens is 1. The normalized spacial score (nSPS) is 15.5.